The zero-order chi connectivity index (χ0) is 26.0. The summed E-state index contributed by atoms with van der Waals surface area (Å²) in [4.78, 5) is 25.3. The summed E-state index contributed by atoms with van der Waals surface area (Å²) in [5.74, 6) is -0.0612. The summed E-state index contributed by atoms with van der Waals surface area (Å²) in [6, 6.07) is 8.34. The van der Waals surface area contributed by atoms with E-state index >= 15 is 0 Å². The van der Waals surface area contributed by atoms with Crippen molar-refractivity contribution in [3.05, 3.63) is 58.7 Å². The van der Waals surface area contributed by atoms with E-state index in [1.54, 1.807) is 0 Å². The molecule has 36 heavy (non-hydrogen) atoms. The first-order valence-electron chi connectivity index (χ1n) is 13.6. The van der Waals surface area contributed by atoms with Gasteiger partial charge in [0.25, 0.3) is 0 Å². The number of benzene rings is 1. The number of carboxylic acids is 1. The third kappa shape index (κ3) is 3.86. The Morgan fingerprint density at radius 2 is 1.81 bits per heavy atom. The summed E-state index contributed by atoms with van der Waals surface area (Å²) < 4.78 is 0. The quantitative estimate of drug-likeness (QED) is 0.518. The van der Waals surface area contributed by atoms with Crippen molar-refractivity contribution in [2.45, 2.75) is 84.8 Å². The summed E-state index contributed by atoms with van der Waals surface area (Å²) in [5, 5.41) is 24.5. The summed E-state index contributed by atoms with van der Waals surface area (Å²) in [5.41, 5.74) is 2.92. The van der Waals surface area contributed by atoms with Crippen LogP contribution in [0.3, 0.4) is 0 Å². The Hall–Kier alpha value is -2.40. The van der Waals surface area contributed by atoms with Gasteiger partial charge in [-0.05, 0) is 105 Å². The van der Waals surface area contributed by atoms with Crippen LogP contribution in [0, 0.1) is 41.4 Å². The second-order valence-corrected chi connectivity index (χ2v) is 13.0. The van der Waals surface area contributed by atoms with Crippen molar-refractivity contribution in [1.29, 1.82) is 0 Å². The lowest BCUT2D eigenvalue weighted by Crippen LogP contribution is -2.57. The van der Waals surface area contributed by atoms with E-state index in [1.165, 1.54) is 5.56 Å². The highest BCUT2D eigenvalue weighted by molar-refractivity contribution is 5.87. The molecule has 4 aliphatic carbocycles. The molecule has 0 saturated heterocycles. The number of allylic oxidation sites excluding steroid dienone is 3. The van der Waals surface area contributed by atoms with Gasteiger partial charge in [0.05, 0.1) is 11.6 Å². The number of fused-ring (bicyclic) bond motifs is 5. The molecule has 5 nitrogen and oxygen atoms in total. The molecule has 1 aromatic rings. The SMILES string of the molecule is Cc1ccc(C(C)(C)NC(=O)[C@H]2CC[C@H]3[C@@H]4CC=C5C=C(C(=O)O)CC[C@]5(C)[C@H]4[C@@H](O)C[C@]23C)cc1. The van der Waals surface area contributed by atoms with Crippen LogP contribution in [0.25, 0.3) is 0 Å². The van der Waals surface area contributed by atoms with Crippen LogP contribution in [0.1, 0.15) is 77.3 Å². The van der Waals surface area contributed by atoms with Gasteiger partial charge in [-0.15, -0.1) is 0 Å². The van der Waals surface area contributed by atoms with Gasteiger partial charge in [0.15, 0.2) is 0 Å². The maximum Gasteiger partial charge on any atom is 0.331 e. The van der Waals surface area contributed by atoms with Gasteiger partial charge in [-0.25, -0.2) is 4.79 Å². The van der Waals surface area contributed by atoms with E-state index in [-0.39, 0.29) is 28.6 Å². The number of hydrogen-bond acceptors (Lipinski definition) is 3. The fraction of sp³-hybridized carbons (Fsp3) is 0.613. The standard InChI is InChI=1S/C31H41NO4/c1-18-6-8-20(9-7-18)29(2,3)32-27(34)24-13-12-23-22-11-10-21-16-19(28(35)36)14-15-30(21,4)26(22)25(33)17-31(23,24)5/h6-10,16,22-26,33H,11-15,17H2,1-5H3,(H,32,34)(H,35,36)/t22-,23-,24+,25-,26+,30-,31-/m0/s1. The maximum absolute atomic E-state index is 13.8. The second kappa shape index (κ2) is 8.58. The van der Waals surface area contributed by atoms with Crippen molar-refractivity contribution < 1.29 is 19.8 Å². The molecule has 1 amide bonds. The Bertz CT molecular complexity index is 1130. The lowest BCUT2D eigenvalue weighted by atomic mass is 9.47. The van der Waals surface area contributed by atoms with Crippen molar-refractivity contribution in [2.75, 3.05) is 0 Å². The first-order chi connectivity index (χ1) is 16.9. The second-order valence-electron chi connectivity index (χ2n) is 13.0. The van der Waals surface area contributed by atoms with Gasteiger partial charge in [0.1, 0.15) is 0 Å². The predicted molar refractivity (Wildman–Crippen MR) is 140 cm³/mol. The number of aliphatic hydroxyl groups excluding tert-OH is 1. The minimum absolute atomic E-state index is 0.0983. The third-order valence-corrected chi connectivity index (χ3v) is 10.5. The molecule has 5 heteroatoms. The molecule has 0 aromatic heterocycles. The largest absolute Gasteiger partial charge is 0.478 e. The highest BCUT2D eigenvalue weighted by atomic mass is 16.4. The van der Waals surface area contributed by atoms with E-state index in [2.05, 4.69) is 70.3 Å². The summed E-state index contributed by atoms with van der Waals surface area (Å²) in [6.45, 7) is 10.6. The summed E-state index contributed by atoms with van der Waals surface area (Å²) in [7, 11) is 0. The number of aliphatic hydroxyl groups is 1. The number of carbonyl (C=O) groups is 2. The van der Waals surface area contributed by atoms with E-state index < -0.39 is 17.6 Å². The molecule has 4 aliphatic rings. The van der Waals surface area contributed by atoms with Crippen LogP contribution in [-0.2, 0) is 15.1 Å². The van der Waals surface area contributed by atoms with E-state index in [0.29, 0.717) is 30.3 Å². The van der Waals surface area contributed by atoms with Gasteiger partial charge in [0.2, 0.25) is 5.91 Å². The lowest BCUT2D eigenvalue weighted by Gasteiger charge is -2.58. The highest BCUT2D eigenvalue weighted by Gasteiger charge is 2.62. The Kier molecular flexibility index (Phi) is 6.02. The van der Waals surface area contributed by atoms with E-state index in [9.17, 15) is 19.8 Å². The van der Waals surface area contributed by atoms with Gasteiger partial charge < -0.3 is 15.5 Å². The first kappa shape index (κ1) is 25.3. The molecule has 2 saturated carbocycles. The molecule has 0 radical (unpaired) electrons. The van der Waals surface area contributed by atoms with Gasteiger partial charge in [-0.3, -0.25) is 4.79 Å². The molecular weight excluding hydrogens is 450 g/mol. The molecule has 0 spiro atoms. The number of aliphatic carboxylic acids is 1. The van der Waals surface area contributed by atoms with E-state index in [4.69, 9.17) is 0 Å². The Balaban J connectivity index is 1.39. The van der Waals surface area contributed by atoms with Gasteiger partial charge in [0, 0.05) is 11.5 Å². The van der Waals surface area contributed by atoms with Crippen LogP contribution in [-0.4, -0.2) is 28.2 Å². The fourth-order valence-electron chi connectivity index (χ4n) is 8.50. The number of amides is 1. The van der Waals surface area contributed by atoms with Gasteiger partial charge in [-0.2, -0.15) is 0 Å². The van der Waals surface area contributed by atoms with Crippen molar-refractivity contribution >= 4 is 11.9 Å². The smallest absolute Gasteiger partial charge is 0.331 e. The van der Waals surface area contributed by atoms with Gasteiger partial charge in [-0.1, -0.05) is 49.8 Å². The zero-order valence-electron chi connectivity index (χ0n) is 22.3. The highest BCUT2D eigenvalue weighted by Crippen LogP contribution is 2.66. The molecule has 0 heterocycles. The molecule has 1 aromatic carbocycles. The van der Waals surface area contributed by atoms with Crippen LogP contribution < -0.4 is 5.32 Å². The maximum atomic E-state index is 13.8. The number of carboxylic acid groups (broad SMARTS) is 1. The van der Waals surface area contributed by atoms with Crippen LogP contribution in [0.5, 0.6) is 0 Å². The number of hydrogen-bond donors (Lipinski definition) is 3. The summed E-state index contributed by atoms with van der Waals surface area (Å²) >= 11 is 0. The molecule has 194 valence electrons. The third-order valence-electron chi connectivity index (χ3n) is 10.5. The fourth-order valence-corrected chi connectivity index (χ4v) is 8.50. The first-order valence-corrected chi connectivity index (χ1v) is 13.6. The summed E-state index contributed by atoms with van der Waals surface area (Å²) in [6.07, 6.45) is 8.22. The molecule has 3 N–H and O–H groups in total. The minimum Gasteiger partial charge on any atom is -0.478 e. The average Bonchev–Trinajstić information content (AvgIpc) is 3.14. The van der Waals surface area contributed by atoms with Crippen LogP contribution in [0.4, 0.5) is 0 Å². The Morgan fingerprint density at radius 3 is 2.47 bits per heavy atom. The monoisotopic (exact) mass is 491 g/mol. The van der Waals surface area contributed by atoms with E-state index in [0.717, 1.165) is 36.8 Å². The van der Waals surface area contributed by atoms with Crippen molar-refractivity contribution in [3.8, 4) is 0 Å². The molecular formula is C31H41NO4. The molecule has 7 atom stereocenters. The molecule has 2 fully saturated rings. The van der Waals surface area contributed by atoms with Crippen LogP contribution >= 0.6 is 0 Å². The normalized spacial score (nSPS) is 37.7. The topological polar surface area (TPSA) is 86.6 Å². The number of nitrogens with one attached hydrogen (secondary N) is 1. The molecule has 0 aliphatic heterocycles. The Morgan fingerprint density at radius 1 is 1.11 bits per heavy atom. The van der Waals surface area contributed by atoms with Crippen molar-refractivity contribution in [2.24, 2.45) is 34.5 Å². The molecule has 0 unspecified atom stereocenters. The molecule has 0 bridgehead atoms. The minimum atomic E-state index is -0.838. The Labute approximate surface area is 215 Å². The average molecular weight is 492 g/mol. The zero-order valence-corrected chi connectivity index (χ0v) is 22.3. The molecule has 5 rings (SSSR count). The van der Waals surface area contributed by atoms with E-state index in [1.807, 2.05) is 6.08 Å². The van der Waals surface area contributed by atoms with Gasteiger partial charge >= 0.3 is 5.97 Å². The lowest BCUT2D eigenvalue weighted by molar-refractivity contribution is -0.142. The van der Waals surface area contributed by atoms with Crippen molar-refractivity contribution in [1.82, 2.24) is 5.32 Å². The van der Waals surface area contributed by atoms with Crippen molar-refractivity contribution in [3.63, 3.8) is 0 Å². The van der Waals surface area contributed by atoms with Crippen LogP contribution in [0.15, 0.2) is 47.6 Å². The number of carbonyl (C=O) groups excluding carboxylic acids is 1. The number of aryl methyl sites for hydroxylation is 1. The predicted octanol–water partition coefficient (Wildman–Crippen LogP) is 5.52. The van der Waals surface area contributed by atoms with Crippen LogP contribution in [0.2, 0.25) is 0 Å². The number of rotatable bonds is 4.